The molecule has 1 fully saturated rings. The van der Waals surface area contributed by atoms with Crippen LogP contribution in [0.3, 0.4) is 0 Å². The number of hydrogen-bond acceptors (Lipinski definition) is 1. The molecule has 0 bridgehead atoms. The van der Waals surface area contributed by atoms with Crippen LogP contribution in [0.4, 0.5) is 0 Å². The summed E-state index contributed by atoms with van der Waals surface area (Å²) >= 11 is 0. The molecular weight excluding hydrogens is 170 g/mol. The van der Waals surface area contributed by atoms with Crippen LogP contribution in [0.5, 0.6) is 0 Å². The first kappa shape index (κ1) is 12.0. The number of nitrogens with one attached hydrogen (secondary N) is 1. The molecule has 84 valence electrons. The largest absolute Gasteiger partial charge is 0.314 e. The average Bonchev–Trinajstić information content (AvgIpc) is 2.77. The fourth-order valence-corrected chi connectivity index (χ4v) is 1.75. The summed E-state index contributed by atoms with van der Waals surface area (Å²) < 4.78 is 0. The molecular formula is C13H27N. The van der Waals surface area contributed by atoms with Crippen molar-refractivity contribution in [1.82, 2.24) is 5.32 Å². The van der Waals surface area contributed by atoms with E-state index in [1.54, 1.807) is 0 Å². The Kier molecular flexibility index (Phi) is 3.63. The van der Waals surface area contributed by atoms with Gasteiger partial charge >= 0.3 is 0 Å². The second-order valence-electron chi connectivity index (χ2n) is 6.60. The van der Waals surface area contributed by atoms with Crippen molar-refractivity contribution in [2.24, 2.45) is 10.8 Å². The van der Waals surface area contributed by atoms with Gasteiger partial charge in [-0.25, -0.2) is 0 Å². The van der Waals surface area contributed by atoms with Crippen LogP contribution in [-0.4, -0.2) is 12.6 Å². The van der Waals surface area contributed by atoms with E-state index in [-0.39, 0.29) is 0 Å². The van der Waals surface area contributed by atoms with Gasteiger partial charge in [0.05, 0.1) is 0 Å². The lowest BCUT2D eigenvalue weighted by molar-refractivity contribution is 0.299. The SMILES string of the molecule is CC(C)NCC1(CCC(C)(C)C)CC1. The van der Waals surface area contributed by atoms with Gasteiger partial charge in [-0.3, -0.25) is 0 Å². The highest BCUT2D eigenvalue weighted by atomic mass is 14.9. The minimum atomic E-state index is 0.507. The Morgan fingerprint density at radius 2 is 1.79 bits per heavy atom. The average molecular weight is 197 g/mol. The summed E-state index contributed by atoms with van der Waals surface area (Å²) in [5.41, 5.74) is 1.19. The number of rotatable bonds is 5. The highest BCUT2D eigenvalue weighted by molar-refractivity contribution is 4.95. The molecule has 0 amide bonds. The Balaban J connectivity index is 2.22. The van der Waals surface area contributed by atoms with Crippen LogP contribution in [0.2, 0.25) is 0 Å². The van der Waals surface area contributed by atoms with Crippen LogP contribution >= 0.6 is 0 Å². The monoisotopic (exact) mass is 197 g/mol. The first-order valence-corrected chi connectivity index (χ1v) is 6.06. The molecule has 0 aromatic heterocycles. The van der Waals surface area contributed by atoms with Gasteiger partial charge in [-0.15, -0.1) is 0 Å². The summed E-state index contributed by atoms with van der Waals surface area (Å²) in [4.78, 5) is 0. The second kappa shape index (κ2) is 4.22. The van der Waals surface area contributed by atoms with E-state index in [0.717, 1.165) is 0 Å². The van der Waals surface area contributed by atoms with E-state index in [4.69, 9.17) is 0 Å². The molecule has 0 aromatic rings. The van der Waals surface area contributed by atoms with Crippen molar-refractivity contribution in [2.75, 3.05) is 6.54 Å². The van der Waals surface area contributed by atoms with Gasteiger partial charge in [0.2, 0.25) is 0 Å². The van der Waals surface area contributed by atoms with Gasteiger partial charge in [-0.05, 0) is 36.5 Å². The van der Waals surface area contributed by atoms with E-state index in [1.807, 2.05) is 0 Å². The molecule has 1 rings (SSSR count). The summed E-state index contributed by atoms with van der Waals surface area (Å²) in [7, 11) is 0. The predicted molar refractivity (Wildman–Crippen MR) is 63.5 cm³/mol. The first-order valence-electron chi connectivity index (χ1n) is 6.06. The Morgan fingerprint density at radius 1 is 1.21 bits per heavy atom. The Labute approximate surface area is 89.7 Å². The minimum Gasteiger partial charge on any atom is -0.314 e. The maximum Gasteiger partial charge on any atom is 0.00106 e. The van der Waals surface area contributed by atoms with Crippen molar-refractivity contribution in [3.63, 3.8) is 0 Å². The lowest BCUT2D eigenvalue weighted by atomic mass is 9.85. The molecule has 1 N–H and O–H groups in total. The van der Waals surface area contributed by atoms with Gasteiger partial charge < -0.3 is 5.32 Å². The first-order chi connectivity index (χ1) is 6.33. The molecule has 1 aliphatic carbocycles. The smallest absolute Gasteiger partial charge is 0.00106 e. The lowest BCUT2D eigenvalue weighted by Crippen LogP contribution is -2.30. The molecule has 1 heteroatoms. The molecule has 0 aliphatic heterocycles. The van der Waals surface area contributed by atoms with Crippen molar-refractivity contribution in [3.8, 4) is 0 Å². The quantitative estimate of drug-likeness (QED) is 0.710. The van der Waals surface area contributed by atoms with Crippen LogP contribution in [0.1, 0.15) is 60.3 Å². The molecule has 1 saturated carbocycles. The van der Waals surface area contributed by atoms with Crippen molar-refractivity contribution < 1.29 is 0 Å². The Hall–Kier alpha value is -0.0400. The van der Waals surface area contributed by atoms with E-state index in [0.29, 0.717) is 16.9 Å². The molecule has 1 nitrogen and oxygen atoms in total. The van der Waals surface area contributed by atoms with Gasteiger partial charge in [-0.2, -0.15) is 0 Å². The van der Waals surface area contributed by atoms with Crippen LogP contribution in [-0.2, 0) is 0 Å². The van der Waals surface area contributed by atoms with Gasteiger partial charge in [0.1, 0.15) is 0 Å². The maximum atomic E-state index is 3.58. The standard InChI is InChI=1S/C13H27N/c1-11(2)14-10-13(8-9-13)7-6-12(3,4)5/h11,14H,6-10H2,1-5H3. The van der Waals surface area contributed by atoms with Crippen LogP contribution in [0.25, 0.3) is 0 Å². The summed E-state index contributed by atoms with van der Waals surface area (Å²) in [5.74, 6) is 0. The molecule has 0 atom stereocenters. The number of hydrogen-bond donors (Lipinski definition) is 1. The molecule has 0 heterocycles. The van der Waals surface area contributed by atoms with Gasteiger partial charge in [0.15, 0.2) is 0 Å². The van der Waals surface area contributed by atoms with Crippen molar-refractivity contribution in [1.29, 1.82) is 0 Å². The molecule has 1 aliphatic rings. The van der Waals surface area contributed by atoms with Crippen molar-refractivity contribution in [2.45, 2.75) is 66.3 Å². The molecule has 0 saturated heterocycles. The van der Waals surface area contributed by atoms with Crippen LogP contribution in [0, 0.1) is 10.8 Å². The Morgan fingerprint density at radius 3 is 2.14 bits per heavy atom. The van der Waals surface area contributed by atoms with E-state index in [1.165, 1.54) is 32.2 Å². The third-order valence-electron chi connectivity index (χ3n) is 3.25. The van der Waals surface area contributed by atoms with Crippen molar-refractivity contribution >= 4 is 0 Å². The third kappa shape index (κ3) is 4.45. The summed E-state index contributed by atoms with van der Waals surface area (Å²) in [5, 5.41) is 3.58. The van der Waals surface area contributed by atoms with Crippen molar-refractivity contribution in [3.05, 3.63) is 0 Å². The highest BCUT2D eigenvalue weighted by Gasteiger charge is 2.42. The molecule has 0 radical (unpaired) electrons. The third-order valence-corrected chi connectivity index (χ3v) is 3.25. The van der Waals surface area contributed by atoms with E-state index < -0.39 is 0 Å². The normalized spacial score (nSPS) is 20.1. The molecule has 0 unspecified atom stereocenters. The molecule has 0 spiro atoms. The topological polar surface area (TPSA) is 12.0 Å². The van der Waals surface area contributed by atoms with Gasteiger partial charge in [0, 0.05) is 12.6 Å². The molecule has 0 aromatic carbocycles. The fourth-order valence-electron chi connectivity index (χ4n) is 1.75. The predicted octanol–water partition coefficient (Wildman–Crippen LogP) is 3.59. The van der Waals surface area contributed by atoms with Crippen LogP contribution in [0.15, 0.2) is 0 Å². The van der Waals surface area contributed by atoms with E-state index in [2.05, 4.69) is 39.9 Å². The second-order valence-corrected chi connectivity index (χ2v) is 6.60. The zero-order valence-electron chi connectivity index (χ0n) is 10.6. The summed E-state index contributed by atoms with van der Waals surface area (Å²) in [6.45, 7) is 12.7. The zero-order valence-corrected chi connectivity index (χ0v) is 10.6. The van der Waals surface area contributed by atoms with E-state index in [9.17, 15) is 0 Å². The van der Waals surface area contributed by atoms with Crippen LogP contribution < -0.4 is 5.32 Å². The molecule has 14 heavy (non-hydrogen) atoms. The maximum absolute atomic E-state index is 3.58. The lowest BCUT2D eigenvalue weighted by Gasteiger charge is -2.23. The van der Waals surface area contributed by atoms with E-state index >= 15 is 0 Å². The van der Waals surface area contributed by atoms with Gasteiger partial charge in [-0.1, -0.05) is 34.6 Å². The van der Waals surface area contributed by atoms with Gasteiger partial charge in [0.25, 0.3) is 0 Å². The summed E-state index contributed by atoms with van der Waals surface area (Å²) in [6, 6.07) is 0.641. The minimum absolute atomic E-state index is 0.507. The fraction of sp³-hybridized carbons (Fsp3) is 1.00. The summed E-state index contributed by atoms with van der Waals surface area (Å²) in [6.07, 6.45) is 5.68. The zero-order chi connectivity index (χ0) is 10.8. The Bertz CT molecular complexity index is 172. The highest BCUT2D eigenvalue weighted by Crippen LogP contribution is 2.50.